The highest BCUT2D eigenvalue weighted by Crippen LogP contribution is 2.12. The quantitative estimate of drug-likeness (QED) is 0.330. The van der Waals surface area contributed by atoms with Gasteiger partial charge in [0.2, 0.25) is 0 Å². The number of piperazine rings is 1. The maximum absolute atomic E-state index is 8.53. The standard InChI is InChI=1S/C11H18N6O/c1-9-2-3-11(14-13-9)17-6-4-16(5-7-17)8-10(12)15-18/h2-3,18H,4-8H2,1H3,(H2,12,15). The van der Waals surface area contributed by atoms with Crippen molar-refractivity contribution in [1.82, 2.24) is 15.1 Å². The van der Waals surface area contributed by atoms with Crippen molar-refractivity contribution in [3.63, 3.8) is 0 Å². The van der Waals surface area contributed by atoms with Gasteiger partial charge in [0, 0.05) is 26.2 Å². The van der Waals surface area contributed by atoms with Crippen LogP contribution in [0.4, 0.5) is 5.82 Å². The van der Waals surface area contributed by atoms with Crippen molar-refractivity contribution < 1.29 is 5.21 Å². The summed E-state index contributed by atoms with van der Waals surface area (Å²) in [6, 6.07) is 3.95. The van der Waals surface area contributed by atoms with Crippen LogP contribution < -0.4 is 10.6 Å². The first-order chi connectivity index (χ1) is 8.69. The second-order valence-electron chi connectivity index (χ2n) is 4.39. The van der Waals surface area contributed by atoms with E-state index in [9.17, 15) is 0 Å². The molecular formula is C11H18N6O. The maximum Gasteiger partial charge on any atom is 0.153 e. The first kappa shape index (κ1) is 12.6. The second-order valence-corrected chi connectivity index (χ2v) is 4.39. The molecule has 0 atom stereocenters. The summed E-state index contributed by atoms with van der Waals surface area (Å²) >= 11 is 0. The summed E-state index contributed by atoms with van der Waals surface area (Å²) in [5.41, 5.74) is 6.41. The molecule has 2 heterocycles. The molecule has 0 radical (unpaired) electrons. The maximum atomic E-state index is 8.53. The monoisotopic (exact) mass is 250 g/mol. The van der Waals surface area contributed by atoms with Gasteiger partial charge in [-0.3, -0.25) is 4.90 Å². The number of aromatic nitrogens is 2. The number of hydrogen-bond acceptors (Lipinski definition) is 6. The van der Waals surface area contributed by atoms with Crippen LogP contribution in [0.3, 0.4) is 0 Å². The van der Waals surface area contributed by atoms with Crippen LogP contribution in [0.2, 0.25) is 0 Å². The molecule has 2 rings (SSSR count). The molecule has 1 saturated heterocycles. The highest BCUT2D eigenvalue weighted by molar-refractivity contribution is 5.81. The predicted molar refractivity (Wildman–Crippen MR) is 68.8 cm³/mol. The lowest BCUT2D eigenvalue weighted by molar-refractivity contribution is 0.278. The Hall–Kier alpha value is -1.89. The molecule has 1 fully saturated rings. The molecule has 98 valence electrons. The minimum absolute atomic E-state index is 0.249. The summed E-state index contributed by atoms with van der Waals surface area (Å²) in [7, 11) is 0. The Balaban J connectivity index is 1.88. The number of hydrogen-bond donors (Lipinski definition) is 2. The molecule has 3 N–H and O–H groups in total. The smallest absolute Gasteiger partial charge is 0.153 e. The van der Waals surface area contributed by atoms with Gasteiger partial charge in [-0.25, -0.2) is 0 Å². The molecule has 0 unspecified atom stereocenters. The van der Waals surface area contributed by atoms with Crippen molar-refractivity contribution in [2.45, 2.75) is 6.92 Å². The number of anilines is 1. The molecule has 7 nitrogen and oxygen atoms in total. The molecule has 0 aliphatic carbocycles. The highest BCUT2D eigenvalue weighted by atomic mass is 16.4. The fourth-order valence-electron chi connectivity index (χ4n) is 1.96. The lowest BCUT2D eigenvalue weighted by Gasteiger charge is -2.34. The number of rotatable bonds is 3. The summed E-state index contributed by atoms with van der Waals surface area (Å²) in [6.07, 6.45) is 0. The summed E-state index contributed by atoms with van der Waals surface area (Å²) < 4.78 is 0. The van der Waals surface area contributed by atoms with Crippen LogP contribution in [0.1, 0.15) is 5.69 Å². The minimum Gasteiger partial charge on any atom is -0.409 e. The molecule has 7 heteroatoms. The average Bonchev–Trinajstić information content (AvgIpc) is 2.40. The summed E-state index contributed by atoms with van der Waals surface area (Å²) in [4.78, 5) is 4.34. The Morgan fingerprint density at radius 3 is 2.61 bits per heavy atom. The molecule has 0 amide bonds. The van der Waals surface area contributed by atoms with Crippen LogP contribution >= 0.6 is 0 Å². The predicted octanol–water partition coefficient (Wildman–Crippen LogP) is -0.347. The molecule has 18 heavy (non-hydrogen) atoms. The summed E-state index contributed by atoms with van der Waals surface area (Å²) in [5, 5.41) is 19.7. The van der Waals surface area contributed by atoms with E-state index in [1.807, 2.05) is 19.1 Å². The molecule has 1 aromatic rings. The lowest BCUT2D eigenvalue weighted by atomic mass is 10.3. The molecule has 1 aliphatic heterocycles. The van der Waals surface area contributed by atoms with E-state index in [1.165, 1.54) is 0 Å². The van der Waals surface area contributed by atoms with Crippen molar-refractivity contribution in [2.24, 2.45) is 10.9 Å². The first-order valence-electron chi connectivity index (χ1n) is 5.93. The third-order valence-corrected chi connectivity index (χ3v) is 2.99. The van der Waals surface area contributed by atoms with Crippen molar-refractivity contribution in [3.05, 3.63) is 17.8 Å². The van der Waals surface area contributed by atoms with E-state index in [4.69, 9.17) is 10.9 Å². The third kappa shape index (κ3) is 3.07. The number of nitrogens with two attached hydrogens (primary N) is 1. The van der Waals surface area contributed by atoms with Crippen LogP contribution in [-0.4, -0.2) is 58.9 Å². The largest absolute Gasteiger partial charge is 0.409 e. The van der Waals surface area contributed by atoms with Gasteiger partial charge in [0.15, 0.2) is 11.7 Å². The van der Waals surface area contributed by atoms with Gasteiger partial charge in [-0.2, -0.15) is 5.10 Å². The van der Waals surface area contributed by atoms with Crippen LogP contribution in [-0.2, 0) is 0 Å². The van der Waals surface area contributed by atoms with Crippen molar-refractivity contribution in [1.29, 1.82) is 0 Å². The molecule has 0 bridgehead atoms. The van der Waals surface area contributed by atoms with Crippen LogP contribution in [0.25, 0.3) is 0 Å². The molecule has 1 aromatic heterocycles. The Morgan fingerprint density at radius 1 is 1.33 bits per heavy atom. The Bertz CT molecular complexity index is 410. The molecule has 0 aromatic carbocycles. The zero-order chi connectivity index (χ0) is 13.0. The number of aryl methyl sites for hydroxylation is 1. The van der Waals surface area contributed by atoms with Gasteiger partial charge in [0.05, 0.1) is 12.2 Å². The van der Waals surface area contributed by atoms with E-state index in [1.54, 1.807) is 0 Å². The van der Waals surface area contributed by atoms with E-state index in [0.717, 1.165) is 37.7 Å². The Labute approximate surface area is 106 Å². The van der Waals surface area contributed by atoms with Crippen molar-refractivity contribution in [3.8, 4) is 0 Å². The van der Waals surface area contributed by atoms with Gasteiger partial charge in [-0.1, -0.05) is 5.16 Å². The average molecular weight is 250 g/mol. The Morgan fingerprint density at radius 2 is 2.06 bits per heavy atom. The fourth-order valence-corrected chi connectivity index (χ4v) is 1.96. The molecular weight excluding hydrogens is 232 g/mol. The van der Waals surface area contributed by atoms with E-state index in [2.05, 4.69) is 25.2 Å². The van der Waals surface area contributed by atoms with E-state index >= 15 is 0 Å². The van der Waals surface area contributed by atoms with Crippen LogP contribution in [0.5, 0.6) is 0 Å². The zero-order valence-electron chi connectivity index (χ0n) is 10.5. The van der Waals surface area contributed by atoms with Crippen molar-refractivity contribution >= 4 is 11.7 Å². The van der Waals surface area contributed by atoms with Gasteiger partial charge in [-0.15, -0.1) is 5.10 Å². The van der Waals surface area contributed by atoms with Gasteiger partial charge < -0.3 is 15.8 Å². The van der Waals surface area contributed by atoms with E-state index in [-0.39, 0.29) is 5.84 Å². The van der Waals surface area contributed by atoms with E-state index in [0.29, 0.717) is 6.54 Å². The SMILES string of the molecule is Cc1ccc(N2CCN(CC(N)=NO)CC2)nn1. The number of nitrogens with zero attached hydrogens (tertiary/aromatic N) is 5. The fraction of sp³-hybridized carbons (Fsp3) is 0.545. The van der Waals surface area contributed by atoms with Crippen molar-refractivity contribution in [2.75, 3.05) is 37.6 Å². The van der Waals surface area contributed by atoms with Crippen LogP contribution in [0.15, 0.2) is 17.3 Å². The van der Waals surface area contributed by atoms with E-state index < -0.39 is 0 Å². The van der Waals surface area contributed by atoms with Gasteiger partial charge >= 0.3 is 0 Å². The highest BCUT2D eigenvalue weighted by Gasteiger charge is 2.18. The summed E-state index contributed by atoms with van der Waals surface area (Å²) in [5.74, 6) is 1.16. The zero-order valence-corrected chi connectivity index (χ0v) is 10.5. The topological polar surface area (TPSA) is 90.9 Å². The number of oxime groups is 1. The van der Waals surface area contributed by atoms with Gasteiger partial charge in [0.25, 0.3) is 0 Å². The van der Waals surface area contributed by atoms with Gasteiger partial charge in [-0.05, 0) is 19.1 Å². The second kappa shape index (κ2) is 5.63. The summed E-state index contributed by atoms with van der Waals surface area (Å²) in [6.45, 7) is 5.90. The normalized spacial score (nSPS) is 18.1. The minimum atomic E-state index is 0.249. The number of amidine groups is 1. The first-order valence-corrected chi connectivity index (χ1v) is 5.93. The molecule has 0 spiro atoms. The molecule has 1 aliphatic rings. The third-order valence-electron chi connectivity index (χ3n) is 2.99. The lowest BCUT2D eigenvalue weighted by Crippen LogP contribution is -2.49. The van der Waals surface area contributed by atoms with Gasteiger partial charge in [0.1, 0.15) is 0 Å². The van der Waals surface area contributed by atoms with Crippen LogP contribution in [0, 0.1) is 6.92 Å². The molecule has 0 saturated carbocycles. The Kier molecular flexibility index (Phi) is 3.93.